The summed E-state index contributed by atoms with van der Waals surface area (Å²) in [4.78, 5) is 32.2. The van der Waals surface area contributed by atoms with Crippen LogP contribution in [0.5, 0.6) is 6.01 Å². The minimum absolute atomic E-state index is 0.0200. The maximum Gasteiger partial charge on any atom is 0.316 e. The predicted octanol–water partition coefficient (Wildman–Crippen LogP) is 3.95. The molecule has 0 radical (unpaired) electrons. The molecule has 5 rings (SSSR count). The molecule has 0 aliphatic carbocycles. The number of ether oxygens (including phenoxy) is 3. The summed E-state index contributed by atoms with van der Waals surface area (Å²) in [6.07, 6.45) is 4.65. The van der Waals surface area contributed by atoms with E-state index >= 15 is 0 Å². The van der Waals surface area contributed by atoms with Crippen molar-refractivity contribution in [3.8, 4) is 23.0 Å². The number of hydrogen-bond donors (Lipinski definition) is 0. The fourth-order valence-corrected chi connectivity index (χ4v) is 5.16. The molecule has 0 saturated carbocycles. The topological polar surface area (TPSA) is 114 Å². The number of ketones is 1. The summed E-state index contributed by atoms with van der Waals surface area (Å²) in [5.41, 5.74) is 4.49. The second kappa shape index (κ2) is 14.4. The summed E-state index contributed by atoms with van der Waals surface area (Å²) in [5.74, 6) is -0.750. The van der Waals surface area contributed by atoms with Crippen LogP contribution in [0.1, 0.15) is 29.3 Å². The fourth-order valence-electron chi connectivity index (χ4n) is 5.16. The van der Waals surface area contributed by atoms with Crippen LogP contribution in [0, 0.1) is 18.8 Å². The molecule has 0 N–H and O–H groups in total. The minimum Gasteiger partial charge on any atom is -0.461 e. The molecular formula is C31H35FN6O5. The Bertz CT molecular complexity index is 1500. The molecule has 1 fully saturated rings. The molecular weight excluding hydrogens is 555 g/mol. The largest absolute Gasteiger partial charge is 0.461 e. The van der Waals surface area contributed by atoms with E-state index < -0.39 is 12.1 Å². The van der Waals surface area contributed by atoms with E-state index in [-0.39, 0.29) is 30.6 Å². The van der Waals surface area contributed by atoms with Gasteiger partial charge in [-0.25, -0.2) is 19.6 Å². The van der Waals surface area contributed by atoms with Gasteiger partial charge in [-0.3, -0.25) is 9.63 Å². The number of methoxy groups -OCH3 is 2. The molecule has 226 valence electrons. The van der Waals surface area contributed by atoms with Crippen LogP contribution in [0.2, 0.25) is 0 Å². The number of nitrogens with zero attached hydrogens (tertiary/aromatic N) is 6. The molecule has 11 nitrogen and oxygen atoms in total. The van der Waals surface area contributed by atoms with Crippen molar-refractivity contribution in [2.24, 2.45) is 5.92 Å². The quantitative estimate of drug-likeness (QED) is 0.158. The highest BCUT2D eigenvalue weighted by atomic mass is 19.1. The number of hydrogen-bond acceptors (Lipinski definition) is 10. The summed E-state index contributed by atoms with van der Waals surface area (Å²) in [5, 5.41) is 6.67. The highest BCUT2D eigenvalue weighted by Crippen LogP contribution is 2.37. The highest BCUT2D eigenvalue weighted by molar-refractivity contribution is 5.82. The molecule has 0 unspecified atom stereocenters. The lowest BCUT2D eigenvalue weighted by Crippen LogP contribution is -2.24. The minimum atomic E-state index is -0.588. The van der Waals surface area contributed by atoms with Crippen molar-refractivity contribution in [2.45, 2.75) is 25.9 Å². The lowest BCUT2D eigenvalue weighted by Gasteiger charge is -2.17. The van der Waals surface area contributed by atoms with Crippen molar-refractivity contribution < 1.29 is 28.2 Å². The van der Waals surface area contributed by atoms with Crippen LogP contribution in [0.3, 0.4) is 0 Å². The Hall–Kier alpha value is -4.10. The molecule has 43 heavy (non-hydrogen) atoms. The third kappa shape index (κ3) is 7.46. The van der Waals surface area contributed by atoms with Gasteiger partial charge in [-0.1, -0.05) is 18.2 Å². The van der Waals surface area contributed by atoms with E-state index in [1.165, 1.54) is 12.3 Å². The third-order valence-electron chi connectivity index (χ3n) is 7.27. The zero-order valence-electron chi connectivity index (χ0n) is 24.5. The third-order valence-corrected chi connectivity index (χ3v) is 7.27. The molecule has 1 aliphatic heterocycles. The Morgan fingerprint density at radius 1 is 1.05 bits per heavy atom. The van der Waals surface area contributed by atoms with Gasteiger partial charge in [0.15, 0.2) is 0 Å². The number of carbonyl (C=O) groups is 1. The second-order valence-corrected chi connectivity index (χ2v) is 10.3. The Morgan fingerprint density at radius 2 is 1.81 bits per heavy atom. The van der Waals surface area contributed by atoms with Crippen LogP contribution in [0.15, 0.2) is 61.1 Å². The normalized spacial score (nSPS) is 16.9. The first-order valence-electron chi connectivity index (χ1n) is 14.1. The van der Waals surface area contributed by atoms with Gasteiger partial charge in [0, 0.05) is 70.2 Å². The molecule has 4 aromatic rings. The van der Waals surface area contributed by atoms with Crippen molar-refractivity contribution in [3.05, 3.63) is 83.8 Å². The Morgan fingerprint density at radius 3 is 2.53 bits per heavy atom. The molecule has 1 saturated heterocycles. The standard InChI is InChI=1S/C31H35FN6O5/c1-21-27(17-26(39)15-23-20-37(11-12-40-2)43-30(23)22-9-10-33-28(32)16-22)38(25-7-5-4-6-8-25)36-29(21)24-18-34-31(35-19-24)42-14-13-41-3/h4-10,16,18-19,23,30H,11-15,17,20H2,1-3H3/t23-,30+/m1/s1. The van der Waals surface area contributed by atoms with Gasteiger partial charge in [0.05, 0.1) is 30.3 Å². The van der Waals surface area contributed by atoms with Gasteiger partial charge in [-0.2, -0.15) is 14.6 Å². The number of para-hydroxylation sites is 1. The molecule has 0 amide bonds. The van der Waals surface area contributed by atoms with Crippen LogP contribution >= 0.6 is 0 Å². The van der Waals surface area contributed by atoms with Gasteiger partial charge >= 0.3 is 6.01 Å². The van der Waals surface area contributed by atoms with E-state index in [1.54, 1.807) is 42.4 Å². The highest BCUT2D eigenvalue weighted by Gasteiger charge is 2.37. The Balaban J connectivity index is 1.39. The monoisotopic (exact) mass is 590 g/mol. The van der Waals surface area contributed by atoms with E-state index in [0.717, 1.165) is 16.9 Å². The van der Waals surface area contributed by atoms with Gasteiger partial charge in [0.2, 0.25) is 5.95 Å². The number of hydroxylamine groups is 2. The van der Waals surface area contributed by atoms with Gasteiger partial charge in [-0.05, 0) is 42.3 Å². The van der Waals surface area contributed by atoms with Crippen LogP contribution < -0.4 is 4.74 Å². The molecule has 0 spiro atoms. The molecule has 4 heterocycles. The lowest BCUT2D eigenvalue weighted by molar-refractivity contribution is -0.155. The maximum atomic E-state index is 14.0. The van der Waals surface area contributed by atoms with Crippen molar-refractivity contribution >= 4 is 5.78 Å². The summed E-state index contributed by atoms with van der Waals surface area (Å²) >= 11 is 0. The summed E-state index contributed by atoms with van der Waals surface area (Å²) in [6, 6.07) is 13.0. The van der Waals surface area contributed by atoms with Gasteiger partial charge < -0.3 is 14.2 Å². The van der Waals surface area contributed by atoms with Crippen molar-refractivity contribution in [1.29, 1.82) is 0 Å². The van der Waals surface area contributed by atoms with E-state index in [4.69, 9.17) is 24.1 Å². The van der Waals surface area contributed by atoms with Crippen LogP contribution in [0.25, 0.3) is 16.9 Å². The SMILES string of the molecule is COCCOc1ncc(-c2nn(-c3ccccc3)c(CC(=O)C[C@@H]3CN(CCOC)O[C@H]3c3ccnc(F)c3)c2C)cn1. The van der Waals surface area contributed by atoms with E-state index in [2.05, 4.69) is 15.0 Å². The Kier molecular flexibility index (Phi) is 10.2. The number of benzene rings is 1. The molecule has 12 heteroatoms. The van der Waals surface area contributed by atoms with Crippen molar-refractivity contribution in [3.63, 3.8) is 0 Å². The number of aromatic nitrogens is 5. The first kappa shape index (κ1) is 30.4. The fraction of sp³-hybridized carbons (Fsp3) is 0.387. The molecule has 3 aromatic heterocycles. The molecule has 1 aliphatic rings. The van der Waals surface area contributed by atoms with Crippen LogP contribution in [0.4, 0.5) is 4.39 Å². The molecule has 1 aromatic carbocycles. The first-order valence-corrected chi connectivity index (χ1v) is 14.1. The molecule has 2 atom stereocenters. The second-order valence-electron chi connectivity index (χ2n) is 10.3. The summed E-state index contributed by atoms with van der Waals surface area (Å²) < 4.78 is 31.5. The number of halogens is 1. The average Bonchev–Trinajstić information content (AvgIpc) is 3.57. The summed E-state index contributed by atoms with van der Waals surface area (Å²) in [7, 11) is 3.22. The molecule has 0 bridgehead atoms. The van der Waals surface area contributed by atoms with Crippen molar-refractivity contribution in [2.75, 3.05) is 47.1 Å². The zero-order valence-corrected chi connectivity index (χ0v) is 24.5. The smallest absolute Gasteiger partial charge is 0.316 e. The van der Waals surface area contributed by atoms with E-state index in [1.807, 2.05) is 37.3 Å². The summed E-state index contributed by atoms with van der Waals surface area (Å²) in [6.45, 7) is 4.24. The zero-order chi connectivity index (χ0) is 30.2. The van der Waals surface area contributed by atoms with Gasteiger partial charge in [-0.15, -0.1) is 0 Å². The first-order chi connectivity index (χ1) is 21.0. The van der Waals surface area contributed by atoms with Gasteiger partial charge in [0.25, 0.3) is 0 Å². The average molecular weight is 591 g/mol. The van der Waals surface area contributed by atoms with Crippen LogP contribution in [-0.4, -0.2) is 82.7 Å². The number of carbonyl (C=O) groups excluding carboxylic acids is 1. The van der Waals surface area contributed by atoms with Gasteiger partial charge in [0.1, 0.15) is 18.5 Å². The Labute approximate surface area is 249 Å². The number of pyridine rings is 1. The number of Topliss-reactive ketones (excluding diaryl/α,β-unsaturated/α-hetero) is 1. The lowest BCUT2D eigenvalue weighted by atomic mass is 9.91. The number of rotatable bonds is 14. The predicted molar refractivity (Wildman–Crippen MR) is 155 cm³/mol. The maximum absolute atomic E-state index is 14.0. The van der Waals surface area contributed by atoms with Crippen molar-refractivity contribution in [1.82, 2.24) is 29.8 Å². The van der Waals surface area contributed by atoms with E-state index in [9.17, 15) is 9.18 Å². The van der Waals surface area contributed by atoms with Crippen LogP contribution in [-0.2, 0) is 25.5 Å². The van der Waals surface area contributed by atoms with E-state index in [0.29, 0.717) is 49.7 Å².